The van der Waals surface area contributed by atoms with Gasteiger partial charge in [-0.2, -0.15) is 26.3 Å². The van der Waals surface area contributed by atoms with Crippen LogP contribution in [0, 0.1) is 0 Å². The second kappa shape index (κ2) is 9.78. The van der Waals surface area contributed by atoms with E-state index in [1.54, 1.807) is 24.3 Å². The van der Waals surface area contributed by atoms with Crippen molar-refractivity contribution >= 4 is 46.1 Å². The van der Waals surface area contributed by atoms with Gasteiger partial charge in [0.15, 0.2) is 0 Å². The molecule has 2 aromatic heterocycles. The van der Waals surface area contributed by atoms with Crippen molar-refractivity contribution in [3.8, 4) is 0 Å². The van der Waals surface area contributed by atoms with E-state index in [1.807, 2.05) is 36.4 Å². The zero-order valence-electron chi connectivity index (χ0n) is 19.6. The van der Waals surface area contributed by atoms with Gasteiger partial charge < -0.3 is 0 Å². The molecule has 2 heterocycles. The molecule has 8 heteroatoms. The Hall–Kier alpha value is -4.46. The Bertz CT molecular complexity index is 1540. The molecule has 0 atom stereocenters. The molecule has 0 aliphatic carbocycles. The smallest absolute Gasteiger partial charge is 0.246 e. The van der Waals surface area contributed by atoms with Crippen molar-refractivity contribution in [1.82, 2.24) is 9.97 Å². The van der Waals surface area contributed by atoms with Gasteiger partial charge in [0.25, 0.3) is 0 Å². The van der Waals surface area contributed by atoms with Gasteiger partial charge in [0.1, 0.15) is 0 Å². The fourth-order valence-corrected chi connectivity index (χ4v) is 3.91. The zero-order valence-corrected chi connectivity index (χ0v) is 19.6. The molecule has 0 amide bonds. The minimum absolute atomic E-state index is 0.603. The van der Waals surface area contributed by atoms with E-state index < -0.39 is 23.5 Å². The first-order chi connectivity index (χ1) is 18.1. The maximum Gasteiger partial charge on any atom is 0.416 e. The fraction of sp³-hybridized carbons (Fsp3) is 0.0667. The van der Waals surface area contributed by atoms with Gasteiger partial charge in [-0.05, 0) is 59.7 Å². The van der Waals surface area contributed by atoms with Crippen LogP contribution < -0.4 is 0 Å². The van der Waals surface area contributed by atoms with Crippen LogP contribution in [0.2, 0.25) is 0 Å². The van der Waals surface area contributed by atoms with Crippen molar-refractivity contribution in [2.75, 3.05) is 0 Å². The van der Waals surface area contributed by atoms with Gasteiger partial charge in [-0.3, -0.25) is 0 Å². The Kier molecular flexibility index (Phi) is 6.48. The molecule has 0 aliphatic rings. The molecule has 190 valence electrons. The van der Waals surface area contributed by atoms with Gasteiger partial charge in [0.05, 0.1) is 33.5 Å². The summed E-state index contributed by atoms with van der Waals surface area (Å²) in [6, 6.07) is 21.0. The average Bonchev–Trinajstić information content (AvgIpc) is 2.90. The van der Waals surface area contributed by atoms with Crippen molar-refractivity contribution in [3.05, 3.63) is 119 Å². The van der Waals surface area contributed by atoms with Crippen molar-refractivity contribution in [2.24, 2.45) is 0 Å². The molecule has 0 fully saturated rings. The average molecular weight is 520 g/mol. The molecule has 0 saturated heterocycles. The molecule has 0 aliphatic heterocycles. The van der Waals surface area contributed by atoms with Crippen LogP contribution >= 0.6 is 0 Å². The quantitative estimate of drug-likeness (QED) is 0.174. The summed E-state index contributed by atoms with van der Waals surface area (Å²) in [6.45, 7) is 0. The van der Waals surface area contributed by atoms with Gasteiger partial charge in [-0.1, -0.05) is 60.7 Å². The summed E-state index contributed by atoms with van der Waals surface area (Å²) < 4.78 is 76.7. The summed E-state index contributed by atoms with van der Waals surface area (Å²) in [6.07, 6.45) is -1.97. The minimum Gasteiger partial charge on any atom is -0.246 e. The molecule has 0 N–H and O–H groups in total. The Morgan fingerprint density at radius 1 is 0.421 bits per heavy atom. The van der Waals surface area contributed by atoms with Crippen LogP contribution in [0.5, 0.6) is 0 Å². The second-order valence-corrected chi connectivity index (χ2v) is 8.59. The van der Waals surface area contributed by atoms with E-state index in [0.717, 1.165) is 35.0 Å². The van der Waals surface area contributed by atoms with E-state index >= 15 is 0 Å². The van der Waals surface area contributed by atoms with Gasteiger partial charge in [0, 0.05) is 10.8 Å². The zero-order chi connectivity index (χ0) is 26.9. The predicted molar refractivity (Wildman–Crippen MR) is 138 cm³/mol. The standard InChI is InChI=1S/C30H18F6N2/c31-29(32,33)23-11-1-19(2-12-23)5-15-25-17-9-21-7-8-22-10-18-26(38-28(22)27(21)37-25)16-6-20-3-13-24(14-4-20)30(34,35)36/h1-18H/b15-5+,16-6+. The molecule has 3 aromatic carbocycles. The number of pyridine rings is 2. The molecule has 0 bridgehead atoms. The molecule has 5 aromatic rings. The first-order valence-electron chi connectivity index (χ1n) is 11.5. The van der Waals surface area contributed by atoms with E-state index in [1.165, 1.54) is 24.3 Å². The van der Waals surface area contributed by atoms with Crippen LogP contribution in [-0.2, 0) is 12.4 Å². The normalized spacial score (nSPS) is 12.8. The topological polar surface area (TPSA) is 25.8 Å². The molecule has 0 spiro atoms. The number of halogens is 6. The molecular weight excluding hydrogens is 502 g/mol. The van der Waals surface area contributed by atoms with Gasteiger partial charge in [-0.15, -0.1) is 0 Å². The fourth-order valence-electron chi connectivity index (χ4n) is 3.91. The summed E-state index contributed by atoms with van der Waals surface area (Å²) in [5.74, 6) is 0. The Morgan fingerprint density at radius 2 is 0.763 bits per heavy atom. The highest BCUT2D eigenvalue weighted by Crippen LogP contribution is 2.30. The Morgan fingerprint density at radius 3 is 1.11 bits per heavy atom. The third-order valence-corrected chi connectivity index (χ3v) is 5.93. The van der Waals surface area contributed by atoms with E-state index in [2.05, 4.69) is 0 Å². The van der Waals surface area contributed by atoms with Crippen LogP contribution in [0.15, 0.2) is 84.9 Å². The maximum atomic E-state index is 12.8. The molecule has 0 radical (unpaired) electrons. The predicted octanol–water partition coefficient (Wildman–Crippen LogP) is 9.16. The lowest BCUT2D eigenvalue weighted by Crippen LogP contribution is -2.03. The lowest BCUT2D eigenvalue weighted by atomic mass is 10.1. The highest BCUT2D eigenvalue weighted by molar-refractivity contribution is 6.03. The largest absolute Gasteiger partial charge is 0.416 e. The first kappa shape index (κ1) is 25.2. The Labute approximate surface area is 213 Å². The number of alkyl halides is 6. The monoisotopic (exact) mass is 520 g/mol. The van der Waals surface area contributed by atoms with Crippen molar-refractivity contribution < 1.29 is 26.3 Å². The first-order valence-corrected chi connectivity index (χ1v) is 11.5. The molecule has 38 heavy (non-hydrogen) atoms. The molecular formula is C30H18F6N2. The highest BCUT2D eigenvalue weighted by atomic mass is 19.4. The van der Waals surface area contributed by atoms with E-state index in [-0.39, 0.29) is 0 Å². The van der Waals surface area contributed by atoms with E-state index in [9.17, 15) is 26.3 Å². The van der Waals surface area contributed by atoms with Crippen LogP contribution in [0.25, 0.3) is 46.1 Å². The van der Waals surface area contributed by atoms with Crippen LogP contribution in [0.3, 0.4) is 0 Å². The van der Waals surface area contributed by atoms with Crippen LogP contribution in [0.1, 0.15) is 33.6 Å². The second-order valence-electron chi connectivity index (χ2n) is 8.59. The van der Waals surface area contributed by atoms with Gasteiger partial charge >= 0.3 is 12.4 Å². The van der Waals surface area contributed by atoms with Crippen molar-refractivity contribution in [3.63, 3.8) is 0 Å². The maximum absolute atomic E-state index is 12.8. The minimum atomic E-state index is -4.39. The molecule has 5 rings (SSSR count). The molecule has 0 saturated carbocycles. The third-order valence-electron chi connectivity index (χ3n) is 5.93. The van der Waals surface area contributed by atoms with E-state index in [4.69, 9.17) is 9.97 Å². The SMILES string of the molecule is FC(F)(F)c1ccc(/C=C/c2ccc3ccc4ccc(/C=C/c5ccc(C(F)(F)F)cc5)nc4c3n2)cc1. The summed E-state index contributed by atoms with van der Waals surface area (Å²) in [5, 5.41) is 1.72. The van der Waals surface area contributed by atoms with E-state index in [0.29, 0.717) is 33.5 Å². The van der Waals surface area contributed by atoms with Crippen molar-refractivity contribution in [1.29, 1.82) is 0 Å². The number of aromatic nitrogens is 2. The number of rotatable bonds is 4. The van der Waals surface area contributed by atoms with Crippen LogP contribution in [0.4, 0.5) is 26.3 Å². The molecule has 2 nitrogen and oxygen atoms in total. The summed E-state index contributed by atoms with van der Waals surface area (Å²) in [7, 11) is 0. The number of benzene rings is 3. The van der Waals surface area contributed by atoms with Crippen LogP contribution in [-0.4, -0.2) is 9.97 Å². The summed E-state index contributed by atoms with van der Waals surface area (Å²) in [4.78, 5) is 9.41. The number of nitrogens with zero attached hydrogens (tertiary/aromatic N) is 2. The lowest BCUT2D eigenvalue weighted by Gasteiger charge is -2.06. The third kappa shape index (κ3) is 5.59. The van der Waals surface area contributed by atoms with Gasteiger partial charge in [-0.25, -0.2) is 9.97 Å². The summed E-state index contributed by atoms with van der Waals surface area (Å²) in [5.41, 5.74) is 2.31. The van der Waals surface area contributed by atoms with Crippen molar-refractivity contribution in [2.45, 2.75) is 12.4 Å². The highest BCUT2D eigenvalue weighted by Gasteiger charge is 2.30. The lowest BCUT2D eigenvalue weighted by molar-refractivity contribution is -0.138. The van der Waals surface area contributed by atoms with Gasteiger partial charge in [0.2, 0.25) is 0 Å². The Balaban J connectivity index is 1.43. The number of hydrogen-bond acceptors (Lipinski definition) is 2. The number of fused-ring (bicyclic) bond motifs is 3. The molecule has 0 unspecified atom stereocenters. The number of hydrogen-bond donors (Lipinski definition) is 0. The summed E-state index contributed by atoms with van der Waals surface area (Å²) >= 11 is 0.